The van der Waals surface area contributed by atoms with Gasteiger partial charge >= 0.3 is 5.97 Å². The topological polar surface area (TPSA) is 131 Å². The molecule has 2 aromatic rings. The number of nitrogens with one attached hydrogen (secondary N) is 1. The number of hydrogen-bond donors (Lipinski definition) is 2. The first-order valence-corrected chi connectivity index (χ1v) is 4.83. The van der Waals surface area contributed by atoms with Crippen molar-refractivity contribution in [3.8, 4) is 0 Å². The molecule has 0 spiro atoms. The molecule has 0 saturated heterocycles. The summed E-state index contributed by atoms with van der Waals surface area (Å²) in [6.45, 7) is 1.67. The summed E-state index contributed by atoms with van der Waals surface area (Å²) < 4.78 is 9.16. The van der Waals surface area contributed by atoms with E-state index in [1.54, 1.807) is 6.92 Å². The number of hydrogen-bond acceptors (Lipinski definition) is 7. The van der Waals surface area contributed by atoms with E-state index < -0.39 is 17.6 Å². The highest BCUT2D eigenvalue weighted by Crippen LogP contribution is 2.03. The summed E-state index contributed by atoms with van der Waals surface area (Å²) in [5, 5.41) is 17.9. The van der Waals surface area contributed by atoms with Gasteiger partial charge in [-0.05, 0) is 0 Å². The molecule has 1 amide bonds. The number of carboxylic acid groups (broad SMARTS) is 1. The molecule has 2 heterocycles. The van der Waals surface area contributed by atoms with Gasteiger partial charge in [-0.25, -0.2) is 4.79 Å². The minimum atomic E-state index is -1.30. The Bertz CT molecular complexity index is 587. The van der Waals surface area contributed by atoms with E-state index in [1.165, 1.54) is 0 Å². The molecule has 2 aromatic heterocycles. The Morgan fingerprint density at radius 2 is 2.17 bits per heavy atom. The zero-order chi connectivity index (χ0) is 13.1. The van der Waals surface area contributed by atoms with Crippen LogP contribution in [0.1, 0.15) is 32.8 Å². The van der Waals surface area contributed by atoms with E-state index in [2.05, 4.69) is 25.1 Å². The molecule has 0 saturated carbocycles. The molecule has 2 rings (SSSR count). The van der Waals surface area contributed by atoms with Crippen LogP contribution < -0.4 is 5.32 Å². The summed E-state index contributed by atoms with van der Waals surface area (Å²) in [6, 6.07) is 1.03. The number of carbonyl (C=O) groups excluding carboxylic acids is 1. The predicted molar refractivity (Wildman–Crippen MR) is 53.7 cm³/mol. The molecule has 9 nitrogen and oxygen atoms in total. The first kappa shape index (κ1) is 11.8. The van der Waals surface area contributed by atoms with Crippen LogP contribution in [0.25, 0.3) is 0 Å². The number of aromatic nitrogens is 3. The molecule has 2 N–H and O–H groups in total. The van der Waals surface area contributed by atoms with Gasteiger partial charge in [-0.15, -0.1) is 0 Å². The quantitative estimate of drug-likeness (QED) is 0.776. The standard InChI is InChI=1S/C9H8N4O5/c1-4-11-7(13-17-4)3-10-8(14)5-2-6(9(15)16)18-12-5/h2H,3H2,1H3,(H,10,14)(H,15,16). The Kier molecular flexibility index (Phi) is 3.04. The number of carbonyl (C=O) groups is 2. The number of carboxylic acids is 1. The lowest BCUT2D eigenvalue weighted by Gasteiger charge is -1.96. The van der Waals surface area contributed by atoms with E-state index in [0.29, 0.717) is 11.7 Å². The molecule has 0 aliphatic rings. The third kappa shape index (κ3) is 2.51. The van der Waals surface area contributed by atoms with E-state index in [-0.39, 0.29) is 12.2 Å². The summed E-state index contributed by atoms with van der Waals surface area (Å²) in [5.74, 6) is -1.60. The van der Waals surface area contributed by atoms with Gasteiger partial charge in [0.15, 0.2) is 11.5 Å². The van der Waals surface area contributed by atoms with E-state index in [4.69, 9.17) is 9.63 Å². The van der Waals surface area contributed by atoms with Crippen LogP contribution in [0.3, 0.4) is 0 Å². The molecule has 18 heavy (non-hydrogen) atoms. The predicted octanol–water partition coefficient (Wildman–Crippen LogP) is -0.00578. The van der Waals surface area contributed by atoms with Crippen LogP contribution in [0, 0.1) is 6.92 Å². The van der Waals surface area contributed by atoms with Crippen molar-refractivity contribution in [2.24, 2.45) is 0 Å². The molecule has 0 unspecified atom stereocenters. The van der Waals surface area contributed by atoms with Crippen molar-refractivity contribution in [3.05, 3.63) is 29.2 Å². The van der Waals surface area contributed by atoms with Crippen LogP contribution in [0.2, 0.25) is 0 Å². The van der Waals surface area contributed by atoms with Crippen molar-refractivity contribution in [2.45, 2.75) is 13.5 Å². The number of nitrogens with zero attached hydrogens (tertiary/aromatic N) is 3. The third-order valence-corrected chi connectivity index (χ3v) is 1.93. The van der Waals surface area contributed by atoms with Crippen LogP contribution in [-0.4, -0.2) is 32.3 Å². The van der Waals surface area contributed by atoms with Gasteiger partial charge in [0.1, 0.15) is 0 Å². The highest BCUT2D eigenvalue weighted by Gasteiger charge is 2.16. The molecular formula is C9H8N4O5. The number of aryl methyl sites for hydroxylation is 1. The molecule has 94 valence electrons. The number of rotatable bonds is 4. The fourth-order valence-electron chi connectivity index (χ4n) is 1.15. The highest BCUT2D eigenvalue weighted by molar-refractivity contribution is 5.94. The first-order chi connectivity index (χ1) is 8.56. The highest BCUT2D eigenvalue weighted by atomic mass is 16.5. The largest absolute Gasteiger partial charge is 0.475 e. The van der Waals surface area contributed by atoms with Crippen LogP contribution >= 0.6 is 0 Å². The van der Waals surface area contributed by atoms with Crippen molar-refractivity contribution in [1.29, 1.82) is 0 Å². The van der Waals surface area contributed by atoms with E-state index >= 15 is 0 Å². The van der Waals surface area contributed by atoms with Gasteiger partial charge in [-0.3, -0.25) is 4.79 Å². The molecule has 0 aliphatic carbocycles. The van der Waals surface area contributed by atoms with Crippen LogP contribution in [0.15, 0.2) is 15.1 Å². The fourth-order valence-corrected chi connectivity index (χ4v) is 1.15. The molecule has 0 bridgehead atoms. The fraction of sp³-hybridized carbons (Fsp3) is 0.222. The normalized spacial score (nSPS) is 10.3. The van der Waals surface area contributed by atoms with Crippen LogP contribution in [0.4, 0.5) is 0 Å². The van der Waals surface area contributed by atoms with Gasteiger partial charge in [-0.2, -0.15) is 4.98 Å². The molecule has 0 aromatic carbocycles. The Labute approximate surface area is 99.8 Å². The number of amides is 1. The SMILES string of the molecule is Cc1nc(CNC(=O)c2cc(C(=O)O)on2)no1. The van der Waals surface area contributed by atoms with Crippen molar-refractivity contribution < 1.29 is 23.7 Å². The second-order valence-corrected chi connectivity index (χ2v) is 3.29. The molecule has 9 heteroatoms. The van der Waals surface area contributed by atoms with Gasteiger partial charge in [0, 0.05) is 13.0 Å². The minimum absolute atomic E-state index is 0.0471. The Balaban J connectivity index is 1.97. The minimum Gasteiger partial charge on any atom is -0.475 e. The van der Waals surface area contributed by atoms with Crippen LogP contribution in [-0.2, 0) is 6.54 Å². The second kappa shape index (κ2) is 4.65. The molecule has 0 radical (unpaired) electrons. The van der Waals surface area contributed by atoms with Gasteiger partial charge in [0.05, 0.1) is 6.54 Å². The van der Waals surface area contributed by atoms with Crippen molar-refractivity contribution in [1.82, 2.24) is 20.6 Å². The molecule has 0 atom stereocenters. The van der Waals surface area contributed by atoms with Gasteiger partial charge in [0.25, 0.3) is 5.91 Å². The van der Waals surface area contributed by atoms with Gasteiger partial charge in [0.2, 0.25) is 11.7 Å². The summed E-state index contributed by atoms with van der Waals surface area (Å²) in [4.78, 5) is 25.9. The second-order valence-electron chi connectivity index (χ2n) is 3.29. The van der Waals surface area contributed by atoms with Gasteiger partial charge in [-0.1, -0.05) is 10.3 Å². The molecule has 0 aliphatic heterocycles. The van der Waals surface area contributed by atoms with E-state index in [1.807, 2.05) is 0 Å². The monoisotopic (exact) mass is 252 g/mol. The van der Waals surface area contributed by atoms with Crippen molar-refractivity contribution in [2.75, 3.05) is 0 Å². The number of aromatic carboxylic acids is 1. The maximum atomic E-state index is 11.5. The van der Waals surface area contributed by atoms with E-state index in [0.717, 1.165) is 6.07 Å². The third-order valence-electron chi connectivity index (χ3n) is 1.93. The maximum Gasteiger partial charge on any atom is 0.374 e. The lowest BCUT2D eigenvalue weighted by Crippen LogP contribution is -2.23. The average molecular weight is 252 g/mol. The van der Waals surface area contributed by atoms with E-state index in [9.17, 15) is 9.59 Å². The zero-order valence-electron chi connectivity index (χ0n) is 9.21. The average Bonchev–Trinajstić information content (AvgIpc) is 2.94. The van der Waals surface area contributed by atoms with Crippen molar-refractivity contribution >= 4 is 11.9 Å². The Hall–Kier alpha value is -2.71. The zero-order valence-corrected chi connectivity index (χ0v) is 9.21. The summed E-state index contributed by atoms with van der Waals surface area (Å²) in [7, 11) is 0. The molecule has 0 fully saturated rings. The Morgan fingerprint density at radius 3 is 2.72 bits per heavy atom. The lowest BCUT2D eigenvalue weighted by atomic mass is 10.3. The molecular weight excluding hydrogens is 244 g/mol. The summed E-state index contributed by atoms with van der Waals surface area (Å²) in [5.41, 5.74) is -0.132. The summed E-state index contributed by atoms with van der Waals surface area (Å²) in [6.07, 6.45) is 0. The maximum absolute atomic E-state index is 11.5. The summed E-state index contributed by atoms with van der Waals surface area (Å²) >= 11 is 0. The lowest BCUT2D eigenvalue weighted by molar-refractivity contribution is 0.0651. The Morgan fingerprint density at radius 1 is 1.39 bits per heavy atom. The first-order valence-electron chi connectivity index (χ1n) is 4.83. The smallest absolute Gasteiger partial charge is 0.374 e. The van der Waals surface area contributed by atoms with Gasteiger partial charge < -0.3 is 19.5 Å². The van der Waals surface area contributed by atoms with Crippen molar-refractivity contribution in [3.63, 3.8) is 0 Å². The van der Waals surface area contributed by atoms with Crippen LogP contribution in [0.5, 0.6) is 0 Å².